The van der Waals surface area contributed by atoms with Crippen LogP contribution in [0.1, 0.15) is 26.3 Å². The van der Waals surface area contributed by atoms with Crippen molar-refractivity contribution in [2.75, 3.05) is 10.2 Å². The van der Waals surface area contributed by atoms with Crippen LogP contribution < -0.4 is 10.2 Å². The van der Waals surface area contributed by atoms with Crippen molar-refractivity contribution in [2.45, 2.75) is 44.3 Å². The molecular weight excluding hydrogens is 333 g/mol. The molecule has 2 amide bonds. The molecule has 2 rings (SSSR count). The number of alkyl halides is 4. The number of benzene rings is 1. The average molecular weight is 349 g/mol. The summed E-state index contributed by atoms with van der Waals surface area (Å²) in [5.41, 5.74) is -0.118. The topological polar surface area (TPSA) is 49.4 Å². The van der Waals surface area contributed by atoms with Crippen LogP contribution in [0, 0.1) is 0 Å². The molecule has 1 heterocycles. The van der Waals surface area contributed by atoms with Crippen molar-refractivity contribution in [3.8, 4) is 0 Å². The Hall–Kier alpha value is -1.76. The first-order valence-corrected chi connectivity index (χ1v) is 7.34. The SMILES string of the molecule is CC(=O)Nc1ccc2c(c1)CC(Cl)C(C)(C)N2C(=O)C(F)(F)F. The van der Waals surface area contributed by atoms with Crippen LogP contribution in [-0.4, -0.2) is 28.9 Å². The molecule has 1 aliphatic rings. The van der Waals surface area contributed by atoms with E-state index in [4.69, 9.17) is 11.6 Å². The molecule has 0 aromatic heterocycles. The number of amides is 2. The first kappa shape index (κ1) is 17.6. The first-order chi connectivity index (χ1) is 10.4. The van der Waals surface area contributed by atoms with Crippen LogP contribution in [0.5, 0.6) is 0 Å². The summed E-state index contributed by atoms with van der Waals surface area (Å²) in [6.07, 6.45) is -4.71. The summed E-state index contributed by atoms with van der Waals surface area (Å²) >= 11 is 6.23. The normalized spacial score (nSPS) is 20.0. The van der Waals surface area contributed by atoms with Gasteiger partial charge in [0.15, 0.2) is 0 Å². The van der Waals surface area contributed by atoms with Gasteiger partial charge in [-0.25, -0.2) is 0 Å². The molecule has 1 aromatic rings. The molecule has 4 nitrogen and oxygen atoms in total. The molecule has 0 saturated carbocycles. The van der Waals surface area contributed by atoms with Crippen LogP contribution in [-0.2, 0) is 16.0 Å². The molecule has 1 aliphatic heterocycles. The third-order valence-electron chi connectivity index (χ3n) is 3.83. The zero-order valence-corrected chi connectivity index (χ0v) is 13.5. The van der Waals surface area contributed by atoms with Crippen molar-refractivity contribution in [1.82, 2.24) is 0 Å². The van der Waals surface area contributed by atoms with Crippen molar-refractivity contribution < 1.29 is 22.8 Å². The monoisotopic (exact) mass is 348 g/mol. The van der Waals surface area contributed by atoms with Crippen molar-refractivity contribution >= 4 is 34.8 Å². The lowest BCUT2D eigenvalue weighted by atomic mass is 9.86. The van der Waals surface area contributed by atoms with Crippen LogP contribution in [0.15, 0.2) is 18.2 Å². The highest BCUT2D eigenvalue weighted by Crippen LogP contribution is 2.42. The summed E-state index contributed by atoms with van der Waals surface area (Å²) in [7, 11) is 0. The van der Waals surface area contributed by atoms with E-state index in [2.05, 4.69) is 5.32 Å². The van der Waals surface area contributed by atoms with E-state index in [-0.39, 0.29) is 11.6 Å². The van der Waals surface area contributed by atoms with E-state index in [0.29, 0.717) is 22.6 Å². The summed E-state index contributed by atoms with van der Waals surface area (Å²) in [5, 5.41) is 1.86. The standard InChI is InChI=1S/C15H16ClF3N2O2/c1-8(22)20-10-4-5-11-9(6-10)7-12(16)14(2,3)21(11)13(23)15(17,18)19/h4-6,12H,7H2,1-3H3,(H,20,22). The molecule has 8 heteroatoms. The number of anilines is 2. The second kappa shape index (κ2) is 5.70. The summed E-state index contributed by atoms with van der Waals surface area (Å²) in [4.78, 5) is 23.7. The first-order valence-electron chi connectivity index (χ1n) is 6.90. The number of hydrogen-bond acceptors (Lipinski definition) is 2. The van der Waals surface area contributed by atoms with Crippen LogP contribution in [0.2, 0.25) is 0 Å². The van der Waals surface area contributed by atoms with E-state index in [9.17, 15) is 22.8 Å². The Morgan fingerprint density at radius 1 is 1.35 bits per heavy atom. The third-order valence-corrected chi connectivity index (χ3v) is 4.52. The Kier molecular flexibility index (Phi) is 4.36. The summed E-state index contributed by atoms with van der Waals surface area (Å²) in [6, 6.07) is 4.40. The van der Waals surface area contributed by atoms with Gasteiger partial charge in [0.2, 0.25) is 5.91 Å². The molecule has 23 heavy (non-hydrogen) atoms. The minimum Gasteiger partial charge on any atom is -0.326 e. The molecule has 1 unspecified atom stereocenters. The van der Waals surface area contributed by atoms with Gasteiger partial charge >= 0.3 is 12.1 Å². The number of rotatable bonds is 1. The van der Waals surface area contributed by atoms with Crippen molar-refractivity contribution in [3.05, 3.63) is 23.8 Å². The predicted octanol–water partition coefficient (Wildman–Crippen LogP) is 3.48. The van der Waals surface area contributed by atoms with Crippen molar-refractivity contribution in [2.24, 2.45) is 0 Å². The van der Waals surface area contributed by atoms with Crippen molar-refractivity contribution in [1.29, 1.82) is 0 Å². The molecule has 0 saturated heterocycles. The molecule has 1 N–H and O–H groups in total. The van der Waals surface area contributed by atoms with E-state index in [1.54, 1.807) is 0 Å². The Morgan fingerprint density at radius 3 is 2.48 bits per heavy atom. The maximum atomic E-state index is 13.0. The maximum absolute atomic E-state index is 13.0. The van der Waals surface area contributed by atoms with E-state index >= 15 is 0 Å². The van der Waals surface area contributed by atoms with Crippen molar-refractivity contribution in [3.63, 3.8) is 0 Å². The lowest BCUT2D eigenvalue weighted by Gasteiger charge is -2.46. The van der Waals surface area contributed by atoms with Gasteiger partial charge in [-0.15, -0.1) is 11.6 Å². The molecule has 1 atom stereocenters. The second-order valence-corrected chi connectivity index (χ2v) is 6.52. The van der Waals surface area contributed by atoms with Crippen LogP contribution >= 0.6 is 11.6 Å². The van der Waals surface area contributed by atoms with E-state index in [1.807, 2.05) is 0 Å². The third kappa shape index (κ3) is 3.29. The van der Waals surface area contributed by atoms with Gasteiger partial charge in [0.05, 0.1) is 10.9 Å². The average Bonchev–Trinajstić information content (AvgIpc) is 2.38. The molecule has 0 radical (unpaired) electrons. The van der Waals surface area contributed by atoms with Crippen LogP contribution in [0.4, 0.5) is 24.5 Å². The molecule has 0 bridgehead atoms. The molecule has 0 spiro atoms. The molecule has 1 aromatic carbocycles. The zero-order valence-electron chi connectivity index (χ0n) is 12.8. The summed E-state index contributed by atoms with van der Waals surface area (Å²) < 4.78 is 38.9. The van der Waals surface area contributed by atoms with E-state index in [1.165, 1.54) is 39.0 Å². The molecule has 126 valence electrons. The van der Waals surface area contributed by atoms with Crippen LogP contribution in [0.25, 0.3) is 0 Å². The Morgan fingerprint density at radius 2 is 1.96 bits per heavy atom. The summed E-state index contributed by atoms with van der Waals surface area (Å²) in [5.74, 6) is -2.26. The maximum Gasteiger partial charge on any atom is 0.471 e. The van der Waals surface area contributed by atoms with Gasteiger partial charge < -0.3 is 5.32 Å². The highest BCUT2D eigenvalue weighted by atomic mass is 35.5. The smallest absolute Gasteiger partial charge is 0.326 e. The molecule has 0 aliphatic carbocycles. The minimum atomic E-state index is -5.00. The fourth-order valence-corrected chi connectivity index (χ4v) is 2.90. The van der Waals surface area contributed by atoms with E-state index < -0.39 is 23.0 Å². The van der Waals surface area contributed by atoms with E-state index in [0.717, 1.165) is 0 Å². The lowest BCUT2D eigenvalue weighted by Crippen LogP contribution is -2.60. The zero-order chi connectivity index (χ0) is 17.6. The van der Waals surface area contributed by atoms with Gasteiger partial charge in [0.25, 0.3) is 0 Å². The van der Waals surface area contributed by atoms with Gasteiger partial charge in [0, 0.05) is 18.3 Å². The largest absolute Gasteiger partial charge is 0.471 e. The Bertz CT molecular complexity index is 659. The minimum absolute atomic E-state index is 0.156. The van der Waals surface area contributed by atoms with Gasteiger partial charge in [-0.3, -0.25) is 14.5 Å². The fourth-order valence-electron chi connectivity index (χ4n) is 2.64. The summed E-state index contributed by atoms with van der Waals surface area (Å²) in [6.45, 7) is 4.32. The number of carbonyl (C=O) groups is 2. The fraction of sp³-hybridized carbons (Fsp3) is 0.467. The predicted molar refractivity (Wildman–Crippen MR) is 81.7 cm³/mol. The number of carbonyl (C=O) groups excluding carboxylic acids is 2. The van der Waals surface area contributed by atoms with Gasteiger partial charge in [0.1, 0.15) is 0 Å². The Labute approximate surface area is 136 Å². The van der Waals surface area contributed by atoms with Gasteiger partial charge in [-0.05, 0) is 44.0 Å². The number of fused-ring (bicyclic) bond motifs is 1. The van der Waals surface area contributed by atoms with Gasteiger partial charge in [-0.1, -0.05) is 0 Å². The number of halogens is 4. The lowest BCUT2D eigenvalue weighted by molar-refractivity contribution is -0.171. The number of nitrogens with zero attached hydrogens (tertiary/aromatic N) is 1. The molecule has 0 fully saturated rings. The van der Waals surface area contributed by atoms with Crippen LogP contribution in [0.3, 0.4) is 0 Å². The quantitative estimate of drug-likeness (QED) is 0.790. The highest BCUT2D eigenvalue weighted by molar-refractivity contribution is 6.23. The Balaban J connectivity index is 2.54. The number of nitrogens with one attached hydrogen (secondary N) is 1. The molecular formula is C15H16ClF3N2O2. The van der Waals surface area contributed by atoms with Gasteiger partial charge in [-0.2, -0.15) is 13.2 Å². The second-order valence-electron chi connectivity index (χ2n) is 5.99. The number of hydrogen-bond donors (Lipinski definition) is 1. The highest BCUT2D eigenvalue weighted by Gasteiger charge is 2.52.